The van der Waals surface area contributed by atoms with Crippen LogP contribution in [0.25, 0.3) is 0 Å². The first kappa shape index (κ1) is 12.6. The highest BCUT2D eigenvalue weighted by molar-refractivity contribution is 9.10. The summed E-state index contributed by atoms with van der Waals surface area (Å²) < 4.78 is 5.95. The van der Waals surface area contributed by atoms with Crippen LogP contribution in [0.5, 0.6) is 11.5 Å². The number of phenols is 1. The first-order chi connectivity index (χ1) is 8.58. The molecule has 0 unspecified atom stereocenters. The van der Waals surface area contributed by atoms with Crippen LogP contribution < -0.4 is 4.74 Å². The first-order valence-corrected chi connectivity index (χ1v) is 6.13. The molecule has 0 saturated heterocycles. The number of esters is 1. The Labute approximate surface area is 113 Å². The number of halogens is 1. The van der Waals surface area contributed by atoms with E-state index in [4.69, 9.17) is 4.74 Å². The Morgan fingerprint density at radius 1 is 1.22 bits per heavy atom. The number of hydrogen-bond donors (Lipinski definition) is 1. The second kappa shape index (κ2) is 5.23. The van der Waals surface area contributed by atoms with Crippen molar-refractivity contribution >= 4 is 21.9 Å². The van der Waals surface area contributed by atoms with Gasteiger partial charge in [-0.25, -0.2) is 4.79 Å². The average Bonchev–Trinajstić information content (AvgIpc) is 2.35. The summed E-state index contributed by atoms with van der Waals surface area (Å²) in [5.74, 6) is -0.193. The molecule has 2 aromatic carbocycles. The maximum atomic E-state index is 11.9. The lowest BCUT2D eigenvalue weighted by atomic mass is 10.2. The molecule has 0 spiro atoms. The van der Waals surface area contributed by atoms with Gasteiger partial charge in [0.05, 0.1) is 0 Å². The van der Waals surface area contributed by atoms with E-state index in [9.17, 15) is 9.90 Å². The van der Waals surface area contributed by atoms with E-state index < -0.39 is 5.97 Å². The van der Waals surface area contributed by atoms with Crippen molar-refractivity contribution in [2.24, 2.45) is 0 Å². The predicted molar refractivity (Wildman–Crippen MR) is 71.9 cm³/mol. The maximum absolute atomic E-state index is 11.9. The van der Waals surface area contributed by atoms with Crippen molar-refractivity contribution in [2.75, 3.05) is 0 Å². The summed E-state index contributed by atoms with van der Waals surface area (Å²) in [7, 11) is 0. The molecule has 3 nitrogen and oxygen atoms in total. The van der Waals surface area contributed by atoms with Crippen LogP contribution in [-0.4, -0.2) is 11.1 Å². The maximum Gasteiger partial charge on any atom is 0.347 e. The van der Waals surface area contributed by atoms with Crippen molar-refractivity contribution in [1.82, 2.24) is 0 Å². The Morgan fingerprint density at radius 3 is 2.67 bits per heavy atom. The van der Waals surface area contributed by atoms with E-state index in [2.05, 4.69) is 15.9 Å². The highest BCUT2D eigenvalue weighted by Crippen LogP contribution is 2.24. The van der Waals surface area contributed by atoms with Gasteiger partial charge in [-0.3, -0.25) is 0 Å². The van der Waals surface area contributed by atoms with E-state index in [1.807, 2.05) is 19.1 Å². The summed E-state index contributed by atoms with van der Waals surface area (Å²) in [5.41, 5.74) is 0.993. The molecule has 0 saturated carbocycles. The fourth-order valence-corrected chi connectivity index (χ4v) is 1.86. The van der Waals surface area contributed by atoms with Crippen LogP contribution >= 0.6 is 15.9 Å². The summed E-state index contributed by atoms with van der Waals surface area (Å²) in [6.45, 7) is 1.85. The minimum Gasteiger partial charge on any atom is -0.507 e. The van der Waals surface area contributed by atoms with Crippen LogP contribution in [0.3, 0.4) is 0 Å². The quantitative estimate of drug-likeness (QED) is 0.680. The normalized spacial score (nSPS) is 10.1. The topological polar surface area (TPSA) is 46.5 Å². The fourth-order valence-electron chi connectivity index (χ4n) is 1.50. The molecule has 0 heterocycles. The molecule has 0 aliphatic rings. The van der Waals surface area contributed by atoms with Crippen molar-refractivity contribution in [3.63, 3.8) is 0 Å². The van der Waals surface area contributed by atoms with Crippen LogP contribution in [0.2, 0.25) is 0 Å². The van der Waals surface area contributed by atoms with Gasteiger partial charge in [-0.05, 0) is 36.8 Å². The summed E-state index contributed by atoms with van der Waals surface area (Å²) >= 11 is 3.25. The Bertz CT molecular complexity index is 593. The molecule has 0 aromatic heterocycles. The lowest BCUT2D eigenvalue weighted by Gasteiger charge is -2.08. The van der Waals surface area contributed by atoms with Crippen molar-refractivity contribution < 1.29 is 14.6 Å². The fraction of sp³-hybridized carbons (Fsp3) is 0.0714. The lowest BCUT2D eigenvalue weighted by Crippen LogP contribution is -2.09. The molecular formula is C14H11BrO3. The third kappa shape index (κ3) is 2.71. The van der Waals surface area contributed by atoms with E-state index in [0.717, 1.165) is 5.56 Å². The Kier molecular flexibility index (Phi) is 3.67. The van der Waals surface area contributed by atoms with Gasteiger partial charge >= 0.3 is 5.97 Å². The second-order valence-corrected chi connectivity index (χ2v) is 4.73. The minimum atomic E-state index is -0.580. The molecule has 0 atom stereocenters. The van der Waals surface area contributed by atoms with Gasteiger partial charge in [-0.2, -0.15) is 0 Å². The zero-order valence-corrected chi connectivity index (χ0v) is 11.3. The van der Waals surface area contributed by atoms with E-state index >= 15 is 0 Å². The van der Waals surface area contributed by atoms with E-state index in [1.165, 1.54) is 12.1 Å². The standard InChI is InChI=1S/C14H11BrO3/c1-9-4-2-3-5-13(9)18-14(17)11-8-10(15)6-7-12(11)16/h2-8,16H,1H3. The number of ether oxygens (including phenoxy) is 1. The number of phenolic OH excluding ortho intramolecular Hbond substituents is 1. The summed E-state index contributed by atoms with van der Waals surface area (Å²) in [4.78, 5) is 11.9. The summed E-state index contributed by atoms with van der Waals surface area (Å²) in [6, 6.07) is 11.8. The number of benzene rings is 2. The Morgan fingerprint density at radius 2 is 1.94 bits per heavy atom. The SMILES string of the molecule is Cc1ccccc1OC(=O)c1cc(Br)ccc1O. The molecule has 2 aromatic rings. The van der Waals surface area contributed by atoms with Crippen LogP contribution in [-0.2, 0) is 0 Å². The molecule has 0 amide bonds. The van der Waals surface area contributed by atoms with Gasteiger partial charge in [0.1, 0.15) is 17.1 Å². The van der Waals surface area contributed by atoms with Crippen molar-refractivity contribution in [1.29, 1.82) is 0 Å². The van der Waals surface area contributed by atoms with Crippen LogP contribution in [0.1, 0.15) is 15.9 Å². The molecule has 0 aliphatic carbocycles. The zero-order valence-electron chi connectivity index (χ0n) is 9.68. The van der Waals surface area contributed by atoms with Gasteiger partial charge in [0, 0.05) is 4.47 Å². The lowest BCUT2D eigenvalue weighted by molar-refractivity contribution is 0.0730. The van der Waals surface area contributed by atoms with E-state index in [-0.39, 0.29) is 11.3 Å². The average molecular weight is 307 g/mol. The largest absolute Gasteiger partial charge is 0.507 e. The molecule has 0 bridgehead atoms. The molecule has 0 aliphatic heterocycles. The van der Waals surface area contributed by atoms with Gasteiger partial charge in [-0.15, -0.1) is 0 Å². The number of carbonyl (C=O) groups excluding carboxylic acids is 1. The Hall–Kier alpha value is -1.81. The van der Waals surface area contributed by atoms with Crippen LogP contribution in [0.4, 0.5) is 0 Å². The summed E-state index contributed by atoms with van der Waals surface area (Å²) in [6.07, 6.45) is 0. The van der Waals surface area contributed by atoms with Crippen molar-refractivity contribution in [2.45, 2.75) is 6.92 Å². The summed E-state index contributed by atoms with van der Waals surface area (Å²) in [5, 5.41) is 9.63. The molecule has 1 N–H and O–H groups in total. The van der Waals surface area contributed by atoms with Crippen LogP contribution in [0, 0.1) is 6.92 Å². The second-order valence-electron chi connectivity index (χ2n) is 3.82. The third-order valence-electron chi connectivity index (χ3n) is 2.47. The van der Waals surface area contributed by atoms with E-state index in [0.29, 0.717) is 10.2 Å². The molecule has 0 radical (unpaired) electrons. The highest BCUT2D eigenvalue weighted by Gasteiger charge is 2.14. The third-order valence-corrected chi connectivity index (χ3v) is 2.97. The van der Waals surface area contributed by atoms with Crippen LogP contribution in [0.15, 0.2) is 46.9 Å². The molecule has 2 rings (SSSR count). The minimum absolute atomic E-state index is 0.100. The number of carbonyl (C=O) groups is 1. The zero-order chi connectivity index (χ0) is 13.1. The predicted octanol–water partition coefficient (Wildman–Crippen LogP) is 3.68. The van der Waals surface area contributed by atoms with Gasteiger partial charge < -0.3 is 9.84 Å². The van der Waals surface area contributed by atoms with Gasteiger partial charge in [-0.1, -0.05) is 34.1 Å². The Balaban J connectivity index is 2.28. The van der Waals surface area contributed by atoms with Gasteiger partial charge in [0.25, 0.3) is 0 Å². The van der Waals surface area contributed by atoms with Crippen molar-refractivity contribution in [3.8, 4) is 11.5 Å². The number of aryl methyl sites for hydroxylation is 1. The van der Waals surface area contributed by atoms with Gasteiger partial charge in [0.15, 0.2) is 0 Å². The number of rotatable bonds is 2. The highest BCUT2D eigenvalue weighted by atomic mass is 79.9. The first-order valence-electron chi connectivity index (χ1n) is 5.34. The smallest absolute Gasteiger partial charge is 0.347 e. The molecule has 0 fully saturated rings. The monoisotopic (exact) mass is 306 g/mol. The molecule has 18 heavy (non-hydrogen) atoms. The number of para-hydroxylation sites is 1. The number of aromatic hydroxyl groups is 1. The molecule has 92 valence electrons. The van der Waals surface area contributed by atoms with E-state index in [1.54, 1.807) is 18.2 Å². The number of hydrogen-bond acceptors (Lipinski definition) is 3. The molecular weight excluding hydrogens is 296 g/mol. The van der Waals surface area contributed by atoms with Crippen molar-refractivity contribution in [3.05, 3.63) is 58.1 Å². The van der Waals surface area contributed by atoms with Gasteiger partial charge in [0.2, 0.25) is 0 Å². The molecule has 4 heteroatoms.